The summed E-state index contributed by atoms with van der Waals surface area (Å²) in [6.45, 7) is 26.9. The van der Waals surface area contributed by atoms with Gasteiger partial charge in [-0.2, -0.15) is 11.6 Å². The van der Waals surface area contributed by atoms with E-state index in [0.29, 0.717) is 11.8 Å². The third-order valence-electron chi connectivity index (χ3n) is 9.79. The van der Waals surface area contributed by atoms with Crippen molar-refractivity contribution >= 4 is 35.9 Å². The van der Waals surface area contributed by atoms with Crippen LogP contribution in [0.1, 0.15) is 110 Å². The predicted octanol–water partition coefficient (Wildman–Crippen LogP) is 6.16. The van der Waals surface area contributed by atoms with Gasteiger partial charge < -0.3 is 24.8 Å². The number of hydrogen-bond acceptors (Lipinski definition) is 0. The monoisotopic (exact) mass is 738 g/mol. The molecule has 1 unspecified atom stereocenters. The van der Waals surface area contributed by atoms with E-state index in [1.807, 2.05) is 0 Å². The van der Waals surface area contributed by atoms with Crippen molar-refractivity contribution in [2.45, 2.75) is 93.9 Å². The summed E-state index contributed by atoms with van der Waals surface area (Å²) < 4.78 is 1.46. The second-order valence-electron chi connectivity index (χ2n) is 15.0. The SMILES string of the molecule is CC1=CC(C)(C)c2cc3[cH-]c4cc5c(cc4c3cc21)C(C)=CC5(C)C.CC1=[C-]C(C)C=C1C(C)C.C[C](=[Zr+2])c1ccc(C)cc1.[Cl-].[Cl-]. The Bertz CT molecular complexity index is 1840. The van der Waals surface area contributed by atoms with Crippen molar-refractivity contribution in [2.24, 2.45) is 11.8 Å². The summed E-state index contributed by atoms with van der Waals surface area (Å²) in [6.07, 6.45) is 10.5. The van der Waals surface area contributed by atoms with E-state index < -0.39 is 0 Å². The van der Waals surface area contributed by atoms with E-state index in [9.17, 15) is 0 Å². The largest absolute Gasteiger partial charge is 1.00 e. The number of hydrogen-bond donors (Lipinski definition) is 0. The van der Waals surface area contributed by atoms with Crippen LogP contribution < -0.4 is 24.8 Å². The standard InChI is InChI=1S/C25H25.C10H15.C9H10.2ClH.Zr/c1-14-12-24(3,4)22-8-16-7-17-9-23-19(15(2)13-25(23,5)6)11-21(17)20(16)10-18(14)22;1-7(2)10-6-8(3)5-9(10)4;1-3-9-6-4-8(2)5-7-9;;;/h7-13H,1-6H3;6-8H,1-4H3;4-7H,1-2H3;2*1H;/q2*-1;;;;+2/p-2. The van der Waals surface area contributed by atoms with Gasteiger partial charge in [-0.25, -0.2) is 5.57 Å². The molecule has 3 aliphatic carbocycles. The fraction of sp³-hybridized carbons (Fsp3) is 0.364. The maximum Gasteiger partial charge on any atom is -1.00 e. The van der Waals surface area contributed by atoms with E-state index in [1.165, 1.54) is 105 Å². The average molecular weight is 741 g/mol. The molecule has 0 radical (unpaired) electrons. The first-order valence-corrected chi connectivity index (χ1v) is 17.8. The summed E-state index contributed by atoms with van der Waals surface area (Å²) in [4.78, 5) is 0. The summed E-state index contributed by atoms with van der Waals surface area (Å²) in [7, 11) is 0. The Morgan fingerprint density at radius 1 is 0.766 bits per heavy atom. The average Bonchev–Trinajstić information content (AvgIpc) is 3.62. The molecule has 1 atom stereocenters. The molecule has 3 heteroatoms. The van der Waals surface area contributed by atoms with Crippen LogP contribution in [0.3, 0.4) is 0 Å². The van der Waals surface area contributed by atoms with Crippen molar-refractivity contribution in [1.29, 1.82) is 0 Å². The maximum absolute atomic E-state index is 3.37. The van der Waals surface area contributed by atoms with Crippen LogP contribution in [0.25, 0.3) is 32.7 Å². The minimum Gasteiger partial charge on any atom is -1.00 e. The van der Waals surface area contributed by atoms with Crippen molar-refractivity contribution in [1.82, 2.24) is 0 Å². The molecule has 47 heavy (non-hydrogen) atoms. The Morgan fingerprint density at radius 3 is 1.55 bits per heavy atom. The van der Waals surface area contributed by atoms with E-state index >= 15 is 0 Å². The third-order valence-corrected chi connectivity index (χ3v) is 10.5. The Labute approximate surface area is 312 Å². The Morgan fingerprint density at radius 2 is 1.21 bits per heavy atom. The molecular formula is C44H50Cl2Zr-2. The van der Waals surface area contributed by atoms with Gasteiger partial charge in [-0.3, -0.25) is 6.08 Å². The van der Waals surface area contributed by atoms with Crippen LogP contribution in [-0.2, 0) is 35.1 Å². The molecule has 0 amide bonds. The third kappa shape index (κ3) is 8.01. The second kappa shape index (κ2) is 14.7. The zero-order valence-electron chi connectivity index (χ0n) is 30.3. The molecule has 0 N–H and O–H groups in total. The van der Waals surface area contributed by atoms with Gasteiger partial charge in [0, 0.05) is 10.8 Å². The quantitative estimate of drug-likeness (QED) is 0.216. The zero-order chi connectivity index (χ0) is 33.0. The fourth-order valence-corrected chi connectivity index (χ4v) is 7.92. The maximum atomic E-state index is 3.37. The predicted molar refractivity (Wildman–Crippen MR) is 196 cm³/mol. The molecule has 4 aromatic carbocycles. The molecule has 0 saturated heterocycles. The summed E-state index contributed by atoms with van der Waals surface area (Å²) in [5.74, 6) is 1.20. The normalized spacial score (nSPS) is 18.0. The van der Waals surface area contributed by atoms with E-state index in [2.05, 4.69) is 162 Å². The van der Waals surface area contributed by atoms with Crippen molar-refractivity contribution < 1.29 is 49.0 Å². The van der Waals surface area contributed by atoms with Crippen molar-refractivity contribution in [3.63, 3.8) is 0 Å². The van der Waals surface area contributed by atoms with Crippen LogP contribution in [-0.4, -0.2) is 3.21 Å². The van der Waals surface area contributed by atoms with Gasteiger partial charge in [-0.15, -0.1) is 39.7 Å². The van der Waals surface area contributed by atoms with Crippen LogP contribution in [0.4, 0.5) is 0 Å². The van der Waals surface area contributed by atoms with E-state index in [-0.39, 0.29) is 35.6 Å². The number of benzene rings is 3. The van der Waals surface area contributed by atoms with Crippen LogP contribution in [0.2, 0.25) is 0 Å². The molecule has 246 valence electrons. The molecule has 0 aromatic heterocycles. The van der Waals surface area contributed by atoms with Crippen LogP contribution in [0, 0.1) is 24.8 Å². The summed E-state index contributed by atoms with van der Waals surface area (Å²) in [5, 5.41) is 5.57. The first-order chi connectivity index (χ1) is 21.0. The molecule has 0 fully saturated rings. The Balaban J connectivity index is 0.000000228. The van der Waals surface area contributed by atoms with Gasteiger partial charge in [-0.05, 0) is 36.1 Å². The van der Waals surface area contributed by atoms with Gasteiger partial charge in [0.25, 0.3) is 0 Å². The number of rotatable bonds is 2. The van der Waals surface area contributed by atoms with Gasteiger partial charge in [0.05, 0.1) is 0 Å². The summed E-state index contributed by atoms with van der Waals surface area (Å²) in [5.41, 5.74) is 14.4. The molecule has 4 aromatic rings. The molecule has 0 bridgehead atoms. The fourth-order valence-electron chi connectivity index (χ4n) is 7.51. The molecule has 0 aliphatic heterocycles. The first-order valence-electron chi connectivity index (χ1n) is 16.5. The minimum absolute atomic E-state index is 0. The topological polar surface area (TPSA) is 0 Å². The van der Waals surface area contributed by atoms with Crippen LogP contribution in [0.5, 0.6) is 0 Å². The van der Waals surface area contributed by atoms with Gasteiger partial charge in [0.2, 0.25) is 0 Å². The molecular weight excluding hydrogens is 691 g/mol. The van der Waals surface area contributed by atoms with Crippen LogP contribution >= 0.6 is 0 Å². The summed E-state index contributed by atoms with van der Waals surface area (Å²) >= 11 is 1.51. The number of allylic oxidation sites excluding steroid dienone is 8. The molecule has 0 spiro atoms. The van der Waals surface area contributed by atoms with Crippen molar-refractivity contribution in [3.8, 4) is 0 Å². The zero-order valence-corrected chi connectivity index (χ0v) is 34.3. The van der Waals surface area contributed by atoms with Gasteiger partial charge in [0.1, 0.15) is 0 Å². The number of halogens is 2. The summed E-state index contributed by atoms with van der Waals surface area (Å²) in [6, 6.07) is 20.8. The van der Waals surface area contributed by atoms with E-state index in [1.54, 1.807) is 0 Å². The van der Waals surface area contributed by atoms with Crippen molar-refractivity contribution in [2.75, 3.05) is 0 Å². The van der Waals surface area contributed by atoms with E-state index in [4.69, 9.17) is 0 Å². The molecule has 0 heterocycles. The smallest absolute Gasteiger partial charge is 1.00 e. The van der Waals surface area contributed by atoms with Crippen LogP contribution in [0.15, 0.2) is 84.0 Å². The molecule has 3 aliphatic rings. The van der Waals surface area contributed by atoms with Gasteiger partial charge >= 0.3 is 76.7 Å². The number of aryl methyl sites for hydroxylation is 1. The molecule has 0 nitrogen and oxygen atoms in total. The Hall–Kier alpha value is -2.18. The van der Waals surface area contributed by atoms with E-state index in [0.717, 1.165) is 0 Å². The van der Waals surface area contributed by atoms with Gasteiger partial charge in [0.15, 0.2) is 0 Å². The van der Waals surface area contributed by atoms with Crippen molar-refractivity contribution in [3.05, 3.63) is 123 Å². The first kappa shape index (κ1) is 39.3. The second-order valence-corrected chi connectivity index (χ2v) is 16.9. The van der Waals surface area contributed by atoms with Gasteiger partial charge in [-0.1, -0.05) is 103 Å². The molecule has 0 saturated carbocycles. The molecule has 7 rings (SSSR count). The minimum atomic E-state index is 0. The number of fused-ring (bicyclic) bond motifs is 5. The Kier molecular flexibility index (Phi) is 12.3.